The summed E-state index contributed by atoms with van der Waals surface area (Å²) in [4.78, 5) is 26.9. The average Bonchev–Trinajstić information content (AvgIpc) is 3.52. The topological polar surface area (TPSA) is 91.2 Å². The highest BCUT2D eigenvalue weighted by Gasteiger charge is 2.47. The molecule has 10 nitrogen and oxygen atoms in total. The summed E-state index contributed by atoms with van der Waals surface area (Å²) in [6, 6.07) is 16.1. The molecule has 2 aromatic carbocycles. The Morgan fingerprint density at radius 1 is 1.09 bits per heavy atom. The van der Waals surface area contributed by atoms with Gasteiger partial charge in [-0.15, -0.1) is 0 Å². The van der Waals surface area contributed by atoms with Gasteiger partial charge in [0.25, 0.3) is 5.79 Å². The van der Waals surface area contributed by atoms with E-state index in [9.17, 15) is 4.79 Å². The van der Waals surface area contributed by atoms with Gasteiger partial charge in [-0.1, -0.05) is 17.7 Å². The number of rotatable bonds is 7. The van der Waals surface area contributed by atoms with Crippen LogP contribution in [0.3, 0.4) is 0 Å². The van der Waals surface area contributed by atoms with Crippen LogP contribution in [-0.2, 0) is 28.4 Å². The molecular formula is C33H34ClN5O5. The molecule has 3 fully saturated rings. The maximum absolute atomic E-state index is 12.3. The lowest BCUT2D eigenvalue weighted by molar-refractivity contribution is -0.0717. The van der Waals surface area contributed by atoms with E-state index < -0.39 is 5.79 Å². The predicted molar refractivity (Wildman–Crippen MR) is 164 cm³/mol. The van der Waals surface area contributed by atoms with Crippen molar-refractivity contribution in [2.75, 3.05) is 31.7 Å². The monoisotopic (exact) mass is 615 g/mol. The molecule has 0 unspecified atom stereocenters. The maximum Gasteiger partial charge on any atom is 0.337 e. The molecule has 11 heteroatoms. The van der Waals surface area contributed by atoms with Crippen LogP contribution in [0.25, 0.3) is 11.0 Å². The predicted octanol–water partition coefficient (Wildman–Crippen LogP) is 5.16. The molecule has 0 N–H and O–H groups in total. The van der Waals surface area contributed by atoms with Crippen molar-refractivity contribution < 1.29 is 23.7 Å². The smallest absolute Gasteiger partial charge is 0.337 e. The summed E-state index contributed by atoms with van der Waals surface area (Å²) in [5, 5.41) is 0.570. The Balaban J connectivity index is 1.04. The molecule has 4 atom stereocenters. The normalized spacial score (nSPS) is 25.8. The van der Waals surface area contributed by atoms with Crippen LogP contribution >= 0.6 is 11.6 Å². The highest BCUT2D eigenvalue weighted by atomic mass is 35.5. The Hall–Kier alpha value is -3.86. The summed E-state index contributed by atoms with van der Waals surface area (Å²) in [7, 11) is 1.41. The second-order valence-electron chi connectivity index (χ2n) is 12.1. The van der Waals surface area contributed by atoms with Crippen LogP contribution in [0, 0.1) is 0 Å². The van der Waals surface area contributed by atoms with Crippen LogP contribution in [-0.4, -0.2) is 70.4 Å². The summed E-state index contributed by atoms with van der Waals surface area (Å²) in [6.07, 6.45) is 5.04. The van der Waals surface area contributed by atoms with Gasteiger partial charge in [0.2, 0.25) is 0 Å². The Morgan fingerprint density at radius 2 is 1.95 bits per heavy atom. The van der Waals surface area contributed by atoms with Gasteiger partial charge in [0.05, 0.1) is 53.6 Å². The number of para-hydroxylation sites is 1. The summed E-state index contributed by atoms with van der Waals surface area (Å²) >= 11 is 6.08. The van der Waals surface area contributed by atoms with Crippen LogP contribution in [0.1, 0.15) is 48.1 Å². The van der Waals surface area contributed by atoms with Gasteiger partial charge in [0.15, 0.2) is 11.5 Å². The fraction of sp³-hybridized carbons (Fsp3) is 0.424. The number of anilines is 1. The third-order valence-electron chi connectivity index (χ3n) is 9.53. The van der Waals surface area contributed by atoms with E-state index in [-0.39, 0.29) is 12.1 Å². The van der Waals surface area contributed by atoms with Crippen LogP contribution in [0.2, 0.25) is 5.02 Å². The molecular weight excluding hydrogens is 582 g/mol. The molecule has 1 saturated carbocycles. The first kappa shape index (κ1) is 27.7. The lowest BCUT2D eigenvalue weighted by Crippen LogP contribution is -2.64. The lowest BCUT2D eigenvalue weighted by Gasteiger charge is -2.54. The van der Waals surface area contributed by atoms with Crippen molar-refractivity contribution in [1.82, 2.24) is 19.4 Å². The number of hydrogen-bond donors (Lipinski definition) is 0. The molecule has 0 spiro atoms. The molecule has 0 radical (unpaired) electrons. The second-order valence-corrected chi connectivity index (χ2v) is 12.5. The number of aromatic nitrogens is 3. The Morgan fingerprint density at radius 3 is 2.68 bits per heavy atom. The molecule has 1 aliphatic carbocycles. The van der Waals surface area contributed by atoms with E-state index >= 15 is 0 Å². The number of carbonyl (C=O) groups excluding carboxylic acids is 1. The van der Waals surface area contributed by atoms with E-state index in [1.807, 2.05) is 37.3 Å². The zero-order valence-corrected chi connectivity index (χ0v) is 25.5. The summed E-state index contributed by atoms with van der Waals surface area (Å²) < 4.78 is 25.9. The number of ether oxygens (including phenoxy) is 4. The summed E-state index contributed by atoms with van der Waals surface area (Å²) in [6.45, 7) is 5.88. The minimum absolute atomic E-state index is 0.164. The van der Waals surface area contributed by atoms with E-state index in [0.717, 1.165) is 86.1 Å². The molecule has 0 bridgehead atoms. The number of pyridine rings is 1. The fourth-order valence-electron chi connectivity index (χ4n) is 6.96. The van der Waals surface area contributed by atoms with E-state index in [2.05, 4.69) is 25.4 Å². The van der Waals surface area contributed by atoms with Crippen molar-refractivity contribution in [3.05, 3.63) is 76.8 Å². The minimum atomic E-state index is -1.03. The van der Waals surface area contributed by atoms with Crippen molar-refractivity contribution in [1.29, 1.82) is 0 Å². The molecule has 0 amide bonds. The number of benzene rings is 2. The number of carbonyl (C=O) groups is 1. The zero-order valence-electron chi connectivity index (χ0n) is 24.7. The third-order valence-corrected chi connectivity index (χ3v) is 9.76. The van der Waals surface area contributed by atoms with E-state index in [1.54, 1.807) is 18.3 Å². The Bertz CT molecular complexity index is 1740. The number of fused-ring (bicyclic) bond motifs is 3. The quantitative estimate of drug-likeness (QED) is 0.262. The molecule has 228 valence electrons. The number of hydrogen-bond acceptors (Lipinski definition) is 9. The maximum atomic E-state index is 12.3. The first-order valence-electron chi connectivity index (χ1n) is 15.2. The van der Waals surface area contributed by atoms with Crippen LogP contribution in [0.4, 0.5) is 5.69 Å². The van der Waals surface area contributed by atoms with Gasteiger partial charge in [0.1, 0.15) is 11.5 Å². The van der Waals surface area contributed by atoms with Gasteiger partial charge in [-0.2, -0.15) is 0 Å². The SMILES string of the molecule is COC(=O)c1ccc2nc(CN3CCN(c4cccc5c4O[C@@](C)(c4ccc(Cl)cn4)O5)[C@@H]4CC[C@@H]43)n(C[C@@H]3CCO3)c2c1. The molecule has 5 heterocycles. The van der Waals surface area contributed by atoms with E-state index in [4.69, 9.17) is 35.5 Å². The Kier molecular flexibility index (Phi) is 6.69. The van der Waals surface area contributed by atoms with E-state index in [0.29, 0.717) is 28.4 Å². The first-order chi connectivity index (χ1) is 21.4. The highest BCUT2D eigenvalue weighted by molar-refractivity contribution is 6.30. The number of methoxy groups -OCH3 is 1. The molecule has 8 rings (SSSR count). The second kappa shape index (κ2) is 10.6. The first-order valence-corrected chi connectivity index (χ1v) is 15.6. The van der Waals surface area contributed by atoms with Crippen molar-refractivity contribution in [2.45, 2.75) is 63.3 Å². The third kappa shape index (κ3) is 4.58. The van der Waals surface area contributed by atoms with Gasteiger partial charge in [-0.3, -0.25) is 9.88 Å². The molecule has 4 aromatic rings. The largest absolute Gasteiger partial charge is 0.465 e. The standard InChI is InChI=1S/C33H34ClN5O5/c1-33(29-11-7-21(34)17-35-29)43-28-5-3-4-26(31(28)44-33)38-14-13-37(24-9-10-25(24)38)19-30-36-23-8-6-20(32(40)41-2)16-27(23)39(30)18-22-12-15-42-22/h3-8,11,16-17,22,24-25H,9-10,12-15,18-19H2,1-2H3/t22-,24-,25+,33-/m0/s1. The zero-order chi connectivity index (χ0) is 30.0. The number of piperazine rings is 1. The molecule has 2 aromatic heterocycles. The Labute approximate surface area is 260 Å². The number of halogens is 1. The average molecular weight is 616 g/mol. The summed E-state index contributed by atoms with van der Waals surface area (Å²) in [5.74, 6) is 1.11. The van der Waals surface area contributed by atoms with Gasteiger partial charge < -0.3 is 28.4 Å². The van der Waals surface area contributed by atoms with Gasteiger partial charge in [-0.05, 0) is 61.7 Å². The molecule has 4 aliphatic rings. The van der Waals surface area contributed by atoms with Crippen molar-refractivity contribution in [2.24, 2.45) is 0 Å². The van der Waals surface area contributed by atoms with Gasteiger partial charge >= 0.3 is 5.97 Å². The molecule has 2 saturated heterocycles. The number of esters is 1. The van der Waals surface area contributed by atoms with Crippen molar-refractivity contribution >= 4 is 34.3 Å². The number of imidazole rings is 1. The van der Waals surface area contributed by atoms with Crippen LogP contribution < -0.4 is 14.4 Å². The number of nitrogens with zero attached hydrogens (tertiary/aromatic N) is 5. The lowest BCUT2D eigenvalue weighted by atomic mass is 9.81. The highest BCUT2D eigenvalue weighted by Crippen LogP contribution is 2.51. The van der Waals surface area contributed by atoms with Crippen LogP contribution in [0.15, 0.2) is 54.7 Å². The summed E-state index contributed by atoms with van der Waals surface area (Å²) in [5.41, 5.74) is 4.08. The van der Waals surface area contributed by atoms with Crippen LogP contribution in [0.5, 0.6) is 11.5 Å². The fourth-order valence-corrected chi connectivity index (χ4v) is 7.07. The minimum Gasteiger partial charge on any atom is -0.465 e. The van der Waals surface area contributed by atoms with Gasteiger partial charge in [0, 0.05) is 44.9 Å². The van der Waals surface area contributed by atoms with Gasteiger partial charge in [-0.25, -0.2) is 9.78 Å². The molecule has 3 aliphatic heterocycles. The van der Waals surface area contributed by atoms with Crippen molar-refractivity contribution in [3.63, 3.8) is 0 Å². The molecule has 44 heavy (non-hydrogen) atoms. The van der Waals surface area contributed by atoms with Crippen molar-refractivity contribution in [3.8, 4) is 11.5 Å². The van der Waals surface area contributed by atoms with E-state index in [1.165, 1.54) is 7.11 Å².